The fourth-order valence-corrected chi connectivity index (χ4v) is 20.0. The van der Waals surface area contributed by atoms with E-state index in [4.69, 9.17) is 0 Å². The first-order valence-electron chi connectivity index (χ1n) is 27.3. The standard InChI is InChI=1S/C73H58N2Si2/c1-73(2)61-23-11-10-22-55(61)56-39-36-52(44-62(56)73)72-58-41-38-53(74-63-24-12-16-28-67(63)76(3,4)68-29-17-13-25-64(68)74)45-59(58)71(51-35-34-49-42-48(32-33-50(49)43-51)47-20-8-7-9-21-47)57-40-37-54(46-60(57)72)75-65-26-14-18-30-69(65)77(5,6)70-31-19-15-27-66(70)75/h7-46H,1-6H3. The van der Waals surface area contributed by atoms with E-state index in [1.54, 1.807) is 0 Å². The largest absolute Gasteiger partial charge is 0.311 e. The normalized spacial score (nSPS) is 15.1. The molecule has 15 rings (SSSR count). The maximum atomic E-state index is 2.55. The van der Waals surface area contributed by atoms with Crippen molar-refractivity contribution in [2.24, 2.45) is 0 Å². The van der Waals surface area contributed by atoms with Crippen molar-refractivity contribution in [2.75, 3.05) is 9.80 Å². The first-order valence-corrected chi connectivity index (χ1v) is 33.3. The van der Waals surface area contributed by atoms with Gasteiger partial charge in [0, 0.05) is 39.5 Å². The molecule has 0 saturated heterocycles. The molecule has 0 fully saturated rings. The van der Waals surface area contributed by atoms with Gasteiger partial charge < -0.3 is 9.80 Å². The van der Waals surface area contributed by atoms with Gasteiger partial charge in [0.25, 0.3) is 0 Å². The van der Waals surface area contributed by atoms with Crippen molar-refractivity contribution in [3.8, 4) is 44.5 Å². The summed E-state index contributed by atoms with van der Waals surface area (Å²) < 4.78 is 0. The average molecular weight is 1020 g/mol. The second kappa shape index (κ2) is 16.7. The highest BCUT2D eigenvalue weighted by Crippen LogP contribution is 2.53. The highest BCUT2D eigenvalue weighted by Gasteiger charge is 2.41. The minimum atomic E-state index is -2.02. The number of anilines is 6. The summed E-state index contributed by atoms with van der Waals surface area (Å²) in [7, 11) is -4.05. The zero-order chi connectivity index (χ0) is 52.0. The van der Waals surface area contributed by atoms with Gasteiger partial charge in [-0.15, -0.1) is 0 Å². The Labute approximate surface area is 454 Å². The molecule has 0 aromatic heterocycles. The quantitative estimate of drug-likeness (QED) is 0.125. The molecule has 4 heteroatoms. The third kappa shape index (κ3) is 6.71. The van der Waals surface area contributed by atoms with Gasteiger partial charge in [-0.3, -0.25) is 0 Å². The maximum absolute atomic E-state index is 2.55. The second-order valence-electron chi connectivity index (χ2n) is 23.3. The van der Waals surface area contributed by atoms with Gasteiger partial charge >= 0.3 is 0 Å². The van der Waals surface area contributed by atoms with E-state index in [9.17, 15) is 0 Å². The summed E-state index contributed by atoms with van der Waals surface area (Å²) >= 11 is 0. The number of hydrogen-bond donors (Lipinski definition) is 0. The van der Waals surface area contributed by atoms with Crippen LogP contribution in [0.1, 0.15) is 25.0 Å². The third-order valence-electron chi connectivity index (χ3n) is 18.0. The van der Waals surface area contributed by atoms with Gasteiger partial charge in [-0.2, -0.15) is 0 Å². The second-order valence-corrected chi connectivity index (χ2v) is 31.9. The summed E-state index contributed by atoms with van der Waals surface area (Å²) in [6.07, 6.45) is 0. The van der Waals surface area contributed by atoms with Crippen molar-refractivity contribution in [3.05, 3.63) is 254 Å². The monoisotopic (exact) mass is 1020 g/mol. The van der Waals surface area contributed by atoms with Crippen LogP contribution in [0.5, 0.6) is 0 Å². The summed E-state index contributed by atoms with van der Waals surface area (Å²) in [5.74, 6) is 0. The molecule has 77 heavy (non-hydrogen) atoms. The Bertz CT molecular complexity index is 4350. The molecule has 0 bridgehead atoms. The molecular formula is C73H58N2Si2. The number of hydrogen-bond acceptors (Lipinski definition) is 2. The lowest BCUT2D eigenvalue weighted by Gasteiger charge is -2.41. The summed E-state index contributed by atoms with van der Waals surface area (Å²) in [6.45, 7) is 14.9. The van der Waals surface area contributed by atoms with E-state index in [1.807, 2.05) is 0 Å². The molecule has 0 radical (unpaired) electrons. The Morgan fingerprint density at radius 1 is 0.299 bits per heavy atom. The highest BCUT2D eigenvalue weighted by molar-refractivity contribution is 7.03. The summed E-state index contributed by atoms with van der Waals surface area (Å²) in [6, 6.07) is 92.7. The average Bonchev–Trinajstić information content (AvgIpc) is 3.87. The summed E-state index contributed by atoms with van der Waals surface area (Å²) in [5, 5.41) is 13.2. The van der Waals surface area contributed by atoms with E-state index >= 15 is 0 Å². The fourth-order valence-electron chi connectivity index (χ4n) is 14.1. The molecular weight excluding hydrogens is 961 g/mol. The molecule has 0 saturated carbocycles. The van der Waals surface area contributed by atoms with Crippen LogP contribution in [0.4, 0.5) is 34.1 Å². The molecule has 2 heterocycles. The van der Waals surface area contributed by atoms with E-state index in [0.29, 0.717) is 0 Å². The van der Waals surface area contributed by atoms with Gasteiger partial charge in [0.05, 0.1) is 0 Å². The topological polar surface area (TPSA) is 6.48 Å². The van der Waals surface area contributed by atoms with Crippen molar-refractivity contribution in [3.63, 3.8) is 0 Å². The van der Waals surface area contributed by atoms with Crippen molar-refractivity contribution in [1.29, 1.82) is 0 Å². The SMILES string of the molecule is CC1(C)c2ccccc2-c2ccc(-c3c4ccc(N5c6ccccc6[Si](C)(C)c6ccccc65)cc4c(-c4ccc5cc(-c6ccccc6)ccc5c4)c4ccc(N5c6ccccc6[Si](C)(C)c6ccccc65)cc34)cc21. The Morgan fingerprint density at radius 2 is 0.701 bits per heavy atom. The van der Waals surface area contributed by atoms with Gasteiger partial charge in [0.1, 0.15) is 16.1 Å². The van der Waals surface area contributed by atoms with Crippen LogP contribution in [0, 0.1) is 0 Å². The van der Waals surface area contributed by atoms with Gasteiger partial charge in [0.15, 0.2) is 0 Å². The number of rotatable bonds is 5. The number of benzene rings is 12. The fraction of sp³-hybridized carbons (Fsp3) is 0.0959. The lowest BCUT2D eigenvalue weighted by Crippen LogP contribution is -2.58. The molecule has 3 aliphatic rings. The van der Waals surface area contributed by atoms with Gasteiger partial charge in [-0.1, -0.05) is 216 Å². The zero-order valence-corrected chi connectivity index (χ0v) is 46.5. The smallest absolute Gasteiger partial charge is 0.117 e. The van der Waals surface area contributed by atoms with Crippen LogP contribution in [0.2, 0.25) is 26.2 Å². The molecule has 2 aliphatic heterocycles. The van der Waals surface area contributed by atoms with E-state index in [1.165, 1.54) is 137 Å². The minimum absolute atomic E-state index is 0.165. The molecule has 12 aromatic rings. The predicted octanol–water partition coefficient (Wildman–Crippen LogP) is 17.7. The van der Waals surface area contributed by atoms with Crippen LogP contribution in [-0.4, -0.2) is 16.1 Å². The molecule has 1 aliphatic carbocycles. The Balaban J connectivity index is 1.05. The highest BCUT2D eigenvalue weighted by atomic mass is 28.3. The zero-order valence-electron chi connectivity index (χ0n) is 44.5. The Kier molecular flexibility index (Phi) is 9.95. The van der Waals surface area contributed by atoms with Crippen LogP contribution in [0.25, 0.3) is 76.8 Å². The van der Waals surface area contributed by atoms with E-state index < -0.39 is 16.1 Å². The van der Waals surface area contributed by atoms with E-state index in [2.05, 4.69) is 292 Å². The van der Waals surface area contributed by atoms with Crippen molar-refractivity contribution >= 4 is 103 Å². The van der Waals surface area contributed by atoms with Crippen molar-refractivity contribution in [1.82, 2.24) is 0 Å². The van der Waals surface area contributed by atoms with E-state index in [0.717, 1.165) is 5.69 Å². The van der Waals surface area contributed by atoms with Crippen LogP contribution < -0.4 is 30.5 Å². The van der Waals surface area contributed by atoms with Gasteiger partial charge in [-0.05, 0) is 175 Å². The maximum Gasteiger partial charge on any atom is 0.117 e. The van der Waals surface area contributed by atoms with Crippen LogP contribution >= 0.6 is 0 Å². The summed E-state index contributed by atoms with van der Waals surface area (Å²) in [4.78, 5) is 5.10. The van der Waals surface area contributed by atoms with E-state index in [-0.39, 0.29) is 5.41 Å². The van der Waals surface area contributed by atoms with Gasteiger partial charge in [0.2, 0.25) is 0 Å². The molecule has 2 nitrogen and oxygen atoms in total. The number of para-hydroxylation sites is 4. The predicted molar refractivity (Wildman–Crippen MR) is 336 cm³/mol. The first-order chi connectivity index (χ1) is 37.5. The molecule has 12 aromatic carbocycles. The molecule has 0 atom stereocenters. The lowest BCUT2D eigenvalue weighted by atomic mass is 9.80. The Hall–Kier alpha value is -8.55. The number of fused-ring (bicyclic) bond motifs is 10. The van der Waals surface area contributed by atoms with Crippen molar-refractivity contribution < 1.29 is 0 Å². The van der Waals surface area contributed by atoms with Crippen LogP contribution in [-0.2, 0) is 5.41 Å². The molecule has 0 N–H and O–H groups in total. The Morgan fingerprint density at radius 3 is 1.22 bits per heavy atom. The third-order valence-corrected chi connectivity index (χ3v) is 25.1. The van der Waals surface area contributed by atoms with Crippen LogP contribution in [0.3, 0.4) is 0 Å². The minimum Gasteiger partial charge on any atom is -0.311 e. The van der Waals surface area contributed by atoms with Crippen LogP contribution in [0.15, 0.2) is 243 Å². The number of nitrogens with zero attached hydrogens (tertiary/aromatic N) is 2. The summed E-state index contributed by atoms with van der Waals surface area (Å²) in [5.41, 5.74) is 20.1. The molecule has 0 spiro atoms. The van der Waals surface area contributed by atoms with Crippen molar-refractivity contribution in [2.45, 2.75) is 45.5 Å². The molecule has 368 valence electrons. The first kappa shape index (κ1) is 45.8. The molecule has 0 amide bonds. The lowest BCUT2D eigenvalue weighted by molar-refractivity contribution is 0.660. The van der Waals surface area contributed by atoms with Gasteiger partial charge in [-0.25, -0.2) is 0 Å². The molecule has 0 unspecified atom stereocenters.